The van der Waals surface area contributed by atoms with Gasteiger partial charge in [0.05, 0.1) is 0 Å². The third kappa shape index (κ3) is 6.22. The fourth-order valence-corrected chi connectivity index (χ4v) is 1.56. The van der Waals surface area contributed by atoms with Crippen LogP contribution in [0.4, 0.5) is 5.69 Å². The van der Waals surface area contributed by atoms with Gasteiger partial charge in [0.2, 0.25) is 0 Å². The van der Waals surface area contributed by atoms with Crippen LogP contribution in [0.2, 0.25) is 0 Å². The molecule has 110 valence electrons. The molecule has 0 saturated carbocycles. The summed E-state index contributed by atoms with van der Waals surface area (Å²) in [6.45, 7) is 5.91. The summed E-state index contributed by atoms with van der Waals surface area (Å²) in [5.74, 6) is -0.423. The Morgan fingerprint density at radius 1 is 1.20 bits per heavy atom. The van der Waals surface area contributed by atoms with E-state index < -0.39 is 5.60 Å². The number of hydrogen-bond acceptors (Lipinski definition) is 4. The van der Waals surface area contributed by atoms with Crippen molar-refractivity contribution in [3.63, 3.8) is 0 Å². The molecule has 0 unspecified atom stereocenters. The minimum absolute atomic E-state index is 0.172. The maximum Gasteiger partial charge on any atom is 0.306 e. The third-order valence-corrected chi connectivity index (χ3v) is 2.44. The highest BCUT2D eigenvalue weighted by atomic mass is 16.6. The Hall–Kier alpha value is -2.04. The van der Waals surface area contributed by atoms with Gasteiger partial charge in [0.15, 0.2) is 0 Å². The molecular weight excluding hydrogens is 256 g/mol. The maximum absolute atomic E-state index is 11.8. The second-order valence-electron chi connectivity index (χ2n) is 5.57. The minimum Gasteiger partial charge on any atom is -0.460 e. The summed E-state index contributed by atoms with van der Waals surface area (Å²) in [4.78, 5) is 23.2. The fraction of sp³-hybridized carbons (Fsp3) is 0.467. The maximum atomic E-state index is 11.8. The topological polar surface area (TPSA) is 81.4 Å². The molecule has 1 rings (SSSR count). The van der Waals surface area contributed by atoms with E-state index in [2.05, 4.69) is 5.32 Å². The number of hydrogen-bond donors (Lipinski definition) is 2. The van der Waals surface area contributed by atoms with E-state index in [0.717, 1.165) is 0 Å². The lowest BCUT2D eigenvalue weighted by molar-refractivity contribution is -0.154. The second kappa shape index (κ2) is 6.93. The van der Waals surface area contributed by atoms with Crippen molar-refractivity contribution in [2.24, 2.45) is 0 Å². The van der Waals surface area contributed by atoms with Crippen molar-refractivity contribution < 1.29 is 14.3 Å². The van der Waals surface area contributed by atoms with Crippen LogP contribution in [-0.2, 0) is 9.53 Å². The summed E-state index contributed by atoms with van der Waals surface area (Å²) in [7, 11) is 0. The van der Waals surface area contributed by atoms with Crippen LogP contribution in [0, 0.1) is 0 Å². The Balaban J connectivity index is 2.26. The number of nitrogens with two attached hydrogens (primary N) is 1. The monoisotopic (exact) mass is 278 g/mol. The van der Waals surface area contributed by atoms with Crippen molar-refractivity contribution in [3.8, 4) is 0 Å². The highest BCUT2D eigenvalue weighted by Crippen LogP contribution is 2.09. The number of ether oxygens (including phenoxy) is 1. The Bertz CT molecular complexity index is 461. The molecule has 0 aliphatic carbocycles. The average Bonchev–Trinajstić information content (AvgIpc) is 2.33. The molecule has 1 aromatic carbocycles. The van der Waals surface area contributed by atoms with Crippen molar-refractivity contribution in [1.82, 2.24) is 5.32 Å². The highest BCUT2D eigenvalue weighted by Gasteiger charge is 2.15. The normalized spacial score (nSPS) is 10.9. The molecule has 0 spiro atoms. The molecule has 1 aromatic rings. The Morgan fingerprint density at radius 2 is 1.80 bits per heavy atom. The first-order valence-electron chi connectivity index (χ1n) is 6.63. The fourth-order valence-electron chi connectivity index (χ4n) is 1.56. The third-order valence-electron chi connectivity index (χ3n) is 2.44. The van der Waals surface area contributed by atoms with Crippen LogP contribution in [-0.4, -0.2) is 24.0 Å². The van der Waals surface area contributed by atoms with Gasteiger partial charge >= 0.3 is 5.97 Å². The molecule has 1 amide bonds. The number of rotatable bonds is 5. The van der Waals surface area contributed by atoms with Gasteiger partial charge in [0, 0.05) is 24.2 Å². The standard InChI is InChI=1S/C15H22N2O3/c1-15(2,3)20-13(18)5-4-10-17-14(19)11-6-8-12(16)9-7-11/h6-9H,4-5,10,16H2,1-3H3,(H,17,19). The van der Waals surface area contributed by atoms with Crippen LogP contribution in [0.3, 0.4) is 0 Å². The number of anilines is 1. The first kappa shape index (κ1) is 16.0. The number of nitrogens with one attached hydrogen (secondary N) is 1. The number of benzene rings is 1. The molecule has 0 aliphatic rings. The van der Waals surface area contributed by atoms with E-state index in [-0.39, 0.29) is 11.9 Å². The smallest absolute Gasteiger partial charge is 0.306 e. The van der Waals surface area contributed by atoms with E-state index in [1.54, 1.807) is 24.3 Å². The van der Waals surface area contributed by atoms with Gasteiger partial charge < -0.3 is 15.8 Å². The predicted molar refractivity (Wildman–Crippen MR) is 78.3 cm³/mol. The zero-order valence-corrected chi connectivity index (χ0v) is 12.2. The van der Waals surface area contributed by atoms with Gasteiger partial charge in [-0.15, -0.1) is 0 Å². The quantitative estimate of drug-likeness (QED) is 0.491. The van der Waals surface area contributed by atoms with E-state index in [0.29, 0.717) is 30.6 Å². The molecule has 5 nitrogen and oxygen atoms in total. The molecule has 0 atom stereocenters. The van der Waals surface area contributed by atoms with Crippen molar-refractivity contribution in [2.75, 3.05) is 12.3 Å². The number of carbonyl (C=O) groups is 2. The molecule has 0 heterocycles. The van der Waals surface area contributed by atoms with Crippen LogP contribution in [0.5, 0.6) is 0 Å². The lowest BCUT2D eigenvalue weighted by Gasteiger charge is -2.19. The van der Waals surface area contributed by atoms with Crippen molar-refractivity contribution in [3.05, 3.63) is 29.8 Å². The molecule has 0 aromatic heterocycles. The van der Waals surface area contributed by atoms with E-state index >= 15 is 0 Å². The van der Waals surface area contributed by atoms with Gasteiger partial charge in [-0.1, -0.05) is 0 Å². The van der Waals surface area contributed by atoms with Gasteiger partial charge in [-0.05, 0) is 51.5 Å². The molecule has 0 fully saturated rings. The zero-order chi connectivity index (χ0) is 15.2. The Labute approximate surface area is 119 Å². The van der Waals surface area contributed by atoms with Crippen molar-refractivity contribution in [1.29, 1.82) is 0 Å². The summed E-state index contributed by atoms with van der Waals surface area (Å²) in [6, 6.07) is 6.68. The van der Waals surface area contributed by atoms with Crippen LogP contribution < -0.4 is 11.1 Å². The molecule has 0 bridgehead atoms. The van der Waals surface area contributed by atoms with Crippen molar-refractivity contribution >= 4 is 17.6 Å². The van der Waals surface area contributed by atoms with E-state index in [1.807, 2.05) is 20.8 Å². The van der Waals surface area contributed by atoms with Gasteiger partial charge in [-0.3, -0.25) is 9.59 Å². The molecule has 5 heteroatoms. The minimum atomic E-state index is -0.468. The van der Waals surface area contributed by atoms with Crippen LogP contribution in [0.15, 0.2) is 24.3 Å². The first-order valence-corrected chi connectivity index (χ1v) is 6.63. The summed E-state index contributed by atoms with van der Waals surface area (Å²) < 4.78 is 5.18. The zero-order valence-electron chi connectivity index (χ0n) is 12.2. The molecule has 0 saturated heterocycles. The lowest BCUT2D eigenvalue weighted by atomic mass is 10.2. The van der Waals surface area contributed by atoms with E-state index in [9.17, 15) is 9.59 Å². The molecule has 0 aliphatic heterocycles. The van der Waals surface area contributed by atoms with Crippen LogP contribution in [0.1, 0.15) is 44.0 Å². The number of amides is 1. The van der Waals surface area contributed by atoms with E-state index in [1.165, 1.54) is 0 Å². The molecule has 0 radical (unpaired) electrons. The second-order valence-corrected chi connectivity index (χ2v) is 5.57. The lowest BCUT2D eigenvalue weighted by Crippen LogP contribution is -2.27. The summed E-state index contributed by atoms with van der Waals surface area (Å²) in [6.07, 6.45) is 0.842. The Kier molecular flexibility index (Phi) is 5.55. The number of nitrogen functional groups attached to an aromatic ring is 1. The van der Waals surface area contributed by atoms with Gasteiger partial charge in [-0.2, -0.15) is 0 Å². The number of carbonyl (C=O) groups excluding carboxylic acids is 2. The SMILES string of the molecule is CC(C)(C)OC(=O)CCCNC(=O)c1ccc(N)cc1. The molecule has 3 N–H and O–H groups in total. The first-order chi connectivity index (χ1) is 9.28. The summed E-state index contributed by atoms with van der Waals surface area (Å²) in [5.41, 5.74) is 6.25. The van der Waals surface area contributed by atoms with Crippen LogP contribution in [0.25, 0.3) is 0 Å². The van der Waals surface area contributed by atoms with Crippen LogP contribution >= 0.6 is 0 Å². The Morgan fingerprint density at radius 3 is 2.35 bits per heavy atom. The van der Waals surface area contributed by atoms with Gasteiger partial charge in [0.1, 0.15) is 5.60 Å². The van der Waals surface area contributed by atoms with Gasteiger partial charge in [-0.25, -0.2) is 0 Å². The summed E-state index contributed by atoms with van der Waals surface area (Å²) >= 11 is 0. The summed E-state index contributed by atoms with van der Waals surface area (Å²) in [5, 5.41) is 2.75. The molecule has 20 heavy (non-hydrogen) atoms. The predicted octanol–water partition coefficient (Wildman–Crippen LogP) is 2.12. The van der Waals surface area contributed by atoms with Gasteiger partial charge in [0.25, 0.3) is 5.91 Å². The largest absolute Gasteiger partial charge is 0.460 e. The highest BCUT2D eigenvalue weighted by molar-refractivity contribution is 5.94. The van der Waals surface area contributed by atoms with Crippen molar-refractivity contribution in [2.45, 2.75) is 39.2 Å². The average molecular weight is 278 g/mol. The van der Waals surface area contributed by atoms with E-state index in [4.69, 9.17) is 10.5 Å². The number of esters is 1. The molecular formula is C15H22N2O3.